The smallest absolute Gasteiger partial charge is 0.307 e. The summed E-state index contributed by atoms with van der Waals surface area (Å²) in [5.41, 5.74) is 4.36. The number of ether oxygens (including phenoxy) is 1. The Balaban J connectivity index is 2.13. The van der Waals surface area contributed by atoms with Gasteiger partial charge in [0, 0.05) is 14.8 Å². The van der Waals surface area contributed by atoms with E-state index in [1.807, 2.05) is 36.4 Å². The Morgan fingerprint density at radius 2 is 2.08 bits per heavy atom. The molecule has 0 fully saturated rings. The van der Waals surface area contributed by atoms with Gasteiger partial charge in [-0.05, 0) is 54.9 Å². The Hall–Kier alpha value is -2.59. The van der Waals surface area contributed by atoms with Crippen LogP contribution in [0.25, 0.3) is 5.57 Å². The van der Waals surface area contributed by atoms with Crippen LogP contribution in [0.5, 0.6) is 5.75 Å². The van der Waals surface area contributed by atoms with Gasteiger partial charge in [0.05, 0.1) is 6.42 Å². The maximum atomic E-state index is 11.1. The van der Waals surface area contributed by atoms with E-state index in [0.717, 1.165) is 22.3 Å². The molecule has 25 heavy (non-hydrogen) atoms. The van der Waals surface area contributed by atoms with Crippen molar-refractivity contribution in [3.8, 4) is 5.75 Å². The maximum Gasteiger partial charge on any atom is 0.307 e. The quantitative estimate of drug-likeness (QED) is 0.904. The second-order valence-corrected chi connectivity index (χ2v) is 6.22. The first-order valence-electron chi connectivity index (χ1n) is 9.22. The lowest BCUT2D eigenvalue weighted by molar-refractivity contribution is -0.136. The summed E-state index contributed by atoms with van der Waals surface area (Å²) in [5.74, 6) is -0.212. The van der Waals surface area contributed by atoms with Gasteiger partial charge < -0.3 is 14.7 Å². The molecule has 2 aromatic rings. The molecule has 0 atom stereocenters. The number of nitrogens with zero attached hydrogens (tertiary/aromatic N) is 1. The van der Waals surface area contributed by atoms with Crippen molar-refractivity contribution in [2.45, 2.75) is 19.4 Å². The summed E-state index contributed by atoms with van der Waals surface area (Å²) in [6, 6.07) is 13.3. The lowest BCUT2D eigenvalue weighted by Crippen LogP contribution is -2.12. The van der Waals surface area contributed by atoms with Crippen LogP contribution >= 0.6 is 0 Å². The van der Waals surface area contributed by atoms with E-state index < -0.39 is 12.5 Å². The van der Waals surface area contributed by atoms with E-state index in [-0.39, 0.29) is 12.8 Å². The third-order valence-corrected chi connectivity index (χ3v) is 4.09. The zero-order chi connectivity index (χ0) is 19.6. The number of hydrogen-bond donors (Lipinski definition) is 1. The summed E-state index contributed by atoms with van der Waals surface area (Å²) < 4.78 is 22.3. The number of carbonyl (C=O) groups is 1. The number of benzene rings is 2. The largest absolute Gasteiger partial charge is 0.488 e. The molecule has 0 saturated carbocycles. The minimum atomic E-state index is -1.49. The molecule has 1 aliphatic rings. The Bertz CT molecular complexity index is 891. The van der Waals surface area contributed by atoms with Crippen molar-refractivity contribution in [3.63, 3.8) is 0 Å². The molecule has 0 aromatic heterocycles. The molecule has 0 amide bonds. The highest BCUT2D eigenvalue weighted by atomic mass is 16.5. The van der Waals surface area contributed by atoms with Crippen molar-refractivity contribution in [1.82, 2.24) is 4.90 Å². The molecule has 0 unspecified atom stereocenters. The van der Waals surface area contributed by atoms with E-state index in [1.54, 1.807) is 31.1 Å². The van der Waals surface area contributed by atoms with E-state index in [9.17, 15) is 4.79 Å². The monoisotopic (exact) mass is 339 g/mol. The molecule has 3 rings (SSSR count). The number of rotatable bonds is 5. The van der Waals surface area contributed by atoms with Crippen LogP contribution in [-0.4, -0.2) is 36.6 Å². The van der Waals surface area contributed by atoms with Crippen molar-refractivity contribution in [1.29, 1.82) is 0 Å². The molecule has 130 valence electrons. The third kappa shape index (κ3) is 4.09. The van der Waals surface area contributed by atoms with Crippen molar-refractivity contribution >= 4 is 11.5 Å². The molecule has 4 nitrogen and oxygen atoms in total. The Labute approximate surface area is 151 Å². The molecule has 1 aliphatic heterocycles. The van der Waals surface area contributed by atoms with Crippen molar-refractivity contribution < 1.29 is 17.4 Å². The van der Waals surface area contributed by atoms with Gasteiger partial charge in [0.15, 0.2) is 0 Å². The van der Waals surface area contributed by atoms with Crippen molar-refractivity contribution in [3.05, 3.63) is 70.8 Å². The number of hydrogen-bond acceptors (Lipinski definition) is 3. The molecule has 0 saturated heterocycles. The molecule has 0 spiro atoms. The zero-order valence-corrected chi connectivity index (χ0v) is 14.5. The SMILES string of the molecule is [2H]C([2H])(C/C=C1\c2ccccc2COc2ccc(CC(=O)O)cc21)N(C)C. The first-order valence-corrected chi connectivity index (χ1v) is 8.22. The highest BCUT2D eigenvalue weighted by Gasteiger charge is 2.19. The Morgan fingerprint density at radius 3 is 2.84 bits per heavy atom. The fourth-order valence-electron chi connectivity index (χ4n) is 2.96. The lowest BCUT2D eigenvalue weighted by Gasteiger charge is -2.13. The second-order valence-electron chi connectivity index (χ2n) is 6.22. The summed E-state index contributed by atoms with van der Waals surface area (Å²) in [5, 5.41) is 9.12. The normalized spacial score (nSPS) is 16.4. The first kappa shape index (κ1) is 14.7. The zero-order valence-electron chi connectivity index (χ0n) is 16.5. The minimum absolute atomic E-state index is 0.0687. The third-order valence-electron chi connectivity index (χ3n) is 4.09. The van der Waals surface area contributed by atoms with E-state index >= 15 is 0 Å². The van der Waals surface area contributed by atoms with E-state index in [4.69, 9.17) is 12.6 Å². The number of carboxylic acids is 1. The van der Waals surface area contributed by atoms with Crippen LogP contribution in [0.2, 0.25) is 0 Å². The van der Waals surface area contributed by atoms with Crippen LogP contribution in [0.4, 0.5) is 0 Å². The van der Waals surface area contributed by atoms with Gasteiger partial charge in [0.1, 0.15) is 12.4 Å². The number of aliphatic carboxylic acids is 1. The molecule has 2 aromatic carbocycles. The van der Waals surface area contributed by atoms with Gasteiger partial charge in [0.25, 0.3) is 0 Å². The van der Waals surface area contributed by atoms with Gasteiger partial charge in [-0.3, -0.25) is 4.79 Å². The van der Waals surface area contributed by atoms with Crippen molar-refractivity contribution in [2.75, 3.05) is 20.6 Å². The Morgan fingerprint density at radius 1 is 1.28 bits per heavy atom. The van der Waals surface area contributed by atoms with Crippen LogP contribution in [0.15, 0.2) is 48.5 Å². The second kappa shape index (κ2) is 7.53. The average Bonchev–Trinajstić information content (AvgIpc) is 2.76. The standard InChI is InChI=1S/C21H23NO3/c1-22(2)11-5-8-18-17-7-4-3-6-16(17)14-25-20-10-9-15(12-19(18)20)13-21(23)24/h3-4,6-10,12H,5,11,13-14H2,1-2H3,(H,23,24)/b18-8+/i11D2. The molecule has 1 N–H and O–H groups in total. The fourth-order valence-corrected chi connectivity index (χ4v) is 2.96. The van der Waals surface area contributed by atoms with Gasteiger partial charge in [-0.15, -0.1) is 0 Å². The topological polar surface area (TPSA) is 49.8 Å². The fraction of sp³-hybridized carbons (Fsp3) is 0.286. The van der Waals surface area contributed by atoms with Gasteiger partial charge >= 0.3 is 5.97 Å². The summed E-state index contributed by atoms with van der Waals surface area (Å²) in [6.07, 6.45) is 2.02. The van der Waals surface area contributed by atoms with Crippen LogP contribution in [0.1, 0.15) is 31.4 Å². The molecule has 0 aliphatic carbocycles. The highest BCUT2D eigenvalue weighted by Crippen LogP contribution is 2.37. The van der Waals surface area contributed by atoms with E-state index in [0.29, 0.717) is 17.9 Å². The molecule has 4 heteroatoms. The number of carboxylic acid groups (broad SMARTS) is 1. The molecule has 0 radical (unpaired) electrons. The van der Waals surface area contributed by atoms with Gasteiger partial charge in [-0.25, -0.2) is 0 Å². The average molecular weight is 339 g/mol. The minimum Gasteiger partial charge on any atom is -0.488 e. The predicted octanol–water partition coefficient (Wildman–Crippen LogP) is 3.59. The van der Waals surface area contributed by atoms with Gasteiger partial charge in [-0.1, -0.05) is 36.4 Å². The van der Waals surface area contributed by atoms with Crippen LogP contribution < -0.4 is 4.74 Å². The highest BCUT2D eigenvalue weighted by molar-refractivity contribution is 5.85. The van der Waals surface area contributed by atoms with E-state index in [1.165, 1.54) is 0 Å². The molecule has 0 bridgehead atoms. The summed E-state index contributed by atoms with van der Waals surface area (Å²) in [7, 11) is 3.42. The van der Waals surface area contributed by atoms with Gasteiger partial charge in [-0.2, -0.15) is 0 Å². The predicted molar refractivity (Wildman–Crippen MR) is 98.8 cm³/mol. The van der Waals surface area contributed by atoms with E-state index in [2.05, 4.69) is 0 Å². The molecule has 1 heterocycles. The Kier molecular flexibility index (Phi) is 4.44. The molecular formula is C21H23NO3. The van der Waals surface area contributed by atoms with Crippen LogP contribution in [0.3, 0.4) is 0 Å². The maximum absolute atomic E-state index is 11.1. The lowest BCUT2D eigenvalue weighted by atomic mass is 9.92. The molecular weight excluding hydrogens is 314 g/mol. The first-order chi connectivity index (χ1) is 12.8. The number of fused-ring (bicyclic) bond motifs is 2. The van der Waals surface area contributed by atoms with Crippen LogP contribution in [0, 0.1) is 0 Å². The summed E-state index contributed by atoms with van der Waals surface area (Å²) >= 11 is 0. The van der Waals surface area contributed by atoms with Crippen LogP contribution in [-0.2, 0) is 17.8 Å². The van der Waals surface area contributed by atoms with Gasteiger partial charge in [0.2, 0.25) is 0 Å². The summed E-state index contributed by atoms with van der Waals surface area (Å²) in [6.45, 7) is -1.08. The summed E-state index contributed by atoms with van der Waals surface area (Å²) in [4.78, 5) is 12.7. The van der Waals surface area contributed by atoms with Crippen molar-refractivity contribution in [2.24, 2.45) is 0 Å².